The van der Waals surface area contributed by atoms with Gasteiger partial charge >= 0.3 is 0 Å². The van der Waals surface area contributed by atoms with Gasteiger partial charge in [-0.05, 0) is 13.3 Å². The van der Waals surface area contributed by atoms with Crippen molar-refractivity contribution in [3.8, 4) is 0 Å². The number of ether oxygens (including phenoxy) is 1. The van der Waals surface area contributed by atoms with E-state index in [1.165, 1.54) is 0 Å². The first kappa shape index (κ1) is 13.2. The van der Waals surface area contributed by atoms with Gasteiger partial charge in [0.2, 0.25) is 0 Å². The van der Waals surface area contributed by atoms with Crippen molar-refractivity contribution in [1.82, 2.24) is 9.97 Å². The molecule has 0 spiro atoms. The largest absolute Gasteiger partial charge is 0.383 e. The van der Waals surface area contributed by atoms with Crippen LogP contribution in [0.1, 0.15) is 25.6 Å². The van der Waals surface area contributed by atoms with E-state index in [0.29, 0.717) is 17.6 Å². The summed E-state index contributed by atoms with van der Waals surface area (Å²) in [5.41, 5.74) is 0. The molecular weight excluding hydrogens is 226 g/mol. The van der Waals surface area contributed by atoms with Crippen LogP contribution in [-0.2, 0) is 4.74 Å². The molecule has 16 heavy (non-hydrogen) atoms. The summed E-state index contributed by atoms with van der Waals surface area (Å²) in [6.45, 7) is 4.62. The van der Waals surface area contributed by atoms with E-state index in [2.05, 4.69) is 22.2 Å². The van der Waals surface area contributed by atoms with Gasteiger partial charge in [0, 0.05) is 13.2 Å². The van der Waals surface area contributed by atoms with Crippen molar-refractivity contribution in [2.45, 2.75) is 32.7 Å². The lowest BCUT2D eigenvalue weighted by molar-refractivity contribution is 0.182. The molecule has 4 nitrogen and oxygen atoms in total. The molecule has 0 radical (unpaired) electrons. The number of anilines is 1. The molecule has 1 rings (SSSR count). The Kier molecular flexibility index (Phi) is 5.49. The predicted molar refractivity (Wildman–Crippen MR) is 66.0 cm³/mol. The Balaban J connectivity index is 2.68. The van der Waals surface area contributed by atoms with E-state index in [9.17, 15) is 0 Å². The van der Waals surface area contributed by atoms with E-state index in [1.807, 2.05) is 6.92 Å². The molecule has 1 unspecified atom stereocenters. The second-order valence-corrected chi connectivity index (χ2v) is 4.10. The molecule has 0 saturated heterocycles. The Bertz CT molecular complexity index is 307. The van der Waals surface area contributed by atoms with E-state index in [4.69, 9.17) is 16.3 Å². The first-order chi connectivity index (χ1) is 7.65. The summed E-state index contributed by atoms with van der Waals surface area (Å²) in [6, 6.07) is 1.99. The normalized spacial score (nSPS) is 12.5. The molecule has 90 valence electrons. The second kappa shape index (κ2) is 6.66. The van der Waals surface area contributed by atoms with Crippen molar-refractivity contribution in [3.05, 3.63) is 17.0 Å². The third-order valence-electron chi connectivity index (χ3n) is 2.16. The highest BCUT2D eigenvalue weighted by Crippen LogP contribution is 2.13. The number of methoxy groups -OCH3 is 1. The number of aryl methyl sites for hydroxylation is 1. The highest BCUT2D eigenvalue weighted by molar-refractivity contribution is 6.29. The second-order valence-electron chi connectivity index (χ2n) is 3.71. The third-order valence-corrected chi connectivity index (χ3v) is 2.36. The number of hydrogen-bond donors (Lipinski definition) is 1. The van der Waals surface area contributed by atoms with Gasteiger partial charge in [-0.25, -0.2) is 9.97 Å². The SMILES string of the molecule is CCCC(COC)Nc1cc(Cl)nc(C)n1. The summed E-state index contributed by atoms with van der Waals surface area (Å²) in [5, 5.41) is 3.76. The van der Waals surface area contributed by atoms with Crippen molar-refractivity contribution >= 4 is 17.4 Å². The highest BCUT2D eigenvalue weighted by Gasteiger charge is 2.08. The molecule has 1 aromatic heterocycles. The maximum atomic E-state index is 5.87. The monoisotopic (exact) mass is 243 g/mol. The minimum Gasteiger partial charge on any atom is -0.383 e. The Labute approximate surface area is 101 Å². The van der Waals surface area contributed by atoms with Gasteiger partial charge in [0.25, 0.3) is 0 Å². The predicted octanol–water partition coefficient (Wildman–Crippen LogP) is 2.67. The Morgan fingerprint density at radius 1 is 1.50 bits per heavy atom. The van der Waals surface area contributed by atoms with Crippen molar-refractivity contribution < 1.29 is 4.74 Å². The summed E-state index contributed by atoms with van der Waals surface area (Å²) in [4.78, 5) is 8.29. The molecule has 1 aromatic rings. The lowest BCUT2D eigenvalue weighted by Gasteiger charge is -2.17. The summed E-state index contributed by atoms with van der Waals surface area (Å²) in [6.07, 6.45) is 2.13. The summed E-state index contributed by atoms with van der Waals surface area (Å²) in [5.74, 6) is 1.43. The van der Waals surface area contributed by atoms with Gasteiger partial charge in [-0.15, -0.1) is 0 Å². The van der Waals surface area contributed by atoms with E-state index in [1.54, 1.807) is 13.2 Å². The molecule has 1 heterocycles. The van der Waals surface area contributed by atoms with Crippen molar-refractivity contribution in [2.75, 3.05) is 19.0 Å². The highest BCUT2D eigenvalue weighted by atomic mass is 35.5. The standard InChI is InChI=1S/C11H18ClN3O/c1-4-5-9(7-16-3)15-11-6-10(12)13-8(2)14-11/h6,9H,4-5,7H2,1-3H3,(H,13,14,15). The van der Waals surface area contributed by atoms with E-state index >= 15 is 0 Å². The van der Waals surface area contributed by atoms with Gasteiger partial charge < -0.3 is 10.1 Å². The molecular formula is C11H18ClN3O. The van der Waals surface area contributed by atoms with E-state index in [-0.39, 0.29) is 6.04 Å². The molecule has 0 amide bonds. The summed E-state index contributed by atoms with van der Waals surface area (Å²) >= 11 is 5.87. The molecule has 5 heteroatoms. The van der Waals surface area contributed by atoms with Crippen LogP contribution in [-0.4, -0.2) is 29.7 Å². The van der Waals surface area contributed by atoms with Crippen LogP contribution in [0.15, 0.2) is 6.07 Å². The van der Waals surface area contributed by atoms with Crippen LogP contribution in [0.2, 0.25) is 5.15 Å². The fraction of sp³-hybridized carbons (Fsp3) is 0.636. The molecule has 0 fully saturated rings. The fourth-order valence-corrected chi connectivity index (χ4v) is 1.79. The smallest absolute Gasteiger partial charge is 0.134 e. The number of rotatable bonds is 6. The van der Waals surface area contributed by atoms with Crippen LogP contribution in [0.25, 0.3) is 0 Å². The van der Waals surface area contributed by atoms with Crippen molar-refractivity contribution in [3.63, 3.8) is 0 Å². The third kappa shape index (κ3) is 4.33. The molecule has 0 bridgehead atoms. The Morgan fingerprint density at radius 2 is 2.25 bits per heavy atom. The van der Waals surface area contributed by atoms with Gasteiger partial charge in [0.05, 0.1) is 12.6 Å². The van der Waals surface area contributed by atoms with Crippen molar-refractivity contribution in [2.24, 2.45) is 0 Å². The topological polar surface area (TPSA) is 47.0 Å². The minimum atomic E-state index is 0.264. The molecule has 0 aromatic carbocycles. The van der Waals surface area contributed by atoms with Crippen LogP contribution < -0.4 is 5.32 Å². The zero-order chi connectivity index (χ0) is 12.0. The average Bonchev–Trinajstić information content (AvgIpc) is 2.16. The first-order valence-corrected chi connectivity index (χ1v) is 5.80. The maximum Gasteiger partial charge on any atom is 0.134 e. The van der Waals surface area contributed by atoms with Gasteiger partial charge in [0.15, 0.2) is 0 Å². The van der Waals surface area contributed by atoms with Crippen molar-refractivity contribution in [1.29, 1.82) is 0 Å². The number of halogens is 1. The number of nitrogens with one attached hydrogen (secondary N) is 1. The molecule has 0 aliphatic rings. The van der Waals surface area contributed by atoms with Crippen LogP contribution in [0.4, 0.5) is 5.82 Å². The zero-order valence-electron chi connectivity index (χ0n) is 9.96. The number of hydrogen-bond acceptors (Lipinski definition) is 4. The van der Waals surface area contributed by atoms with E-state index in [0.717, 1.165) is 18.7 Å². The van der Waals surface area contributed by atoms with Crippen LogP contribution in [0.5, 0.6) is 0 Å². The quantitative estimate of drug-likeness (QED) is 0.781. The lowest BCUT2D eigenvalue weighted by Crippen LogP contribution is -2.25. The minimum absolute atomic E-state index is 0.264. The Morgan fingerprint density at radius 3 is 2.81 bits per heavy atom. The van der Waals surface area contributed by atoms with E-state index < -0.39 is 0 Å². The van der Waals surface area contributed by atoms with Gasteiger partial charge in [-0.2, -0.15) is 0 Å². The van der Waals surface area contributed by atoms with Gasteiger partial charge in [0.1, 0.15) is 16.8 Å². The summed E-state index contributed by atoms with van der Waals surface area (Å²) in [7, 11) is 1.70. The van der Waals surface area contributed by atoms with Gasteiger partial charge in [-0.3, -0.25) is 0 Å². The van der Waals surface area contributed by atoms with Crippen LogP contribution >= 0.6 is 11.6 Å². The molecule has 0 aliphatic carbocycles. The van der Waals surface area contributed by atoms with Crippen LogP contribution in [0.3, 0.4) is 0 Å². The average molecular weight is 244 g/mol. The molecule has 0 aliphatic heterocycles. The fourth-order valence-electron chi connectivity index (χ4n) is 1.56. The first-order valence-electron chi connectivity index (χ1n) is 5.42. The zero-order valence-corrected chi connectivity index (χ0v) is 10.7. The Hall–Kier alpha value is -0.870. The van der Waals surface area contributed by atoms with Crippen LogP contribution in [0, 0.1) is 6.92 Å². The summed E-state index contributed by atoms with van der Waals surface area (Å²) < 4.78 is 5.15. The molecule has 1 atom stereocenters. The number of aromatic nitrogens is 2. The lowest BCUT2D eigenvalue weighted by atomic mass is 10.2. The van der Waals surface area contributed by atoms with Gasteiger partial charge in [-0.1, -0.05) is 24.9 Å². The molecule has 0 saturated carbocycles. The maximum absolute atomic E-state index is 5.87. The molecule has 1 N–H and O–H groups in total. The number of nitrogens with zero attached hydrogens (tertiary/aromatic N) is 2.